The summed E-state index contributed by atoms with van der Waals surface area (Å²) >= 11 is 0. The maximum Gasteiger partial charge on any atom is 0.150 e. The van der Waals surface area contributed by atoms with E-state index < -0.39 is 0 Å². The monoisotopic (exact) mass is 244 g/mol. The molecule has 0 heterocycles. The van der Waals surface area contributed by atoms with Crippen LogP contribution in [0.15, 0.2) is 36.4 Å². The van der Waals surface area contributed by atoms with Crippen LogP contribution in [0.5, 0.6) is 5.75 Å². The SMILES string of the molecule is COc1ccc(F)cc1-c1cc(C)ccc1C=O. The van der Waals surface area contributed by atoms with Gasteiger partial charge in [0, 0.05) is 11.1 Å². The molecule has 18 heavy (non-hydrogen) atoms. The lowest BCUT2D eigenvalue weighted by Crippen LogP contribution is -1.93. The van der Waals surface area contributed by atoms with E-state index >= 15 is 0 Å². The average Bonchev–Trinajstić information content (AvgIpc) is 2.38. The van der Waals surface area contributed by atoms with Crippen LogP contribution in [0.2, 0.25) is 0 Å². The van der Waals surface area contributed by atoms with Gasteiger partial charge >= 0.3 is 0 Å². The molecule has 0 aliphatic carbocycles. The zero-order valence-corrected chi connectivity index (χ0v) is 10.2. The zero-order chi connectivity index (χ0) is 13.1. The minimum absolute atomic E-state index is 0.357. The highest BCUT2D eigenvalue weighted by atomic mass is 19.1. The highest BCUT2D eigenvalue weighted by Crippen LogP contribution is 2.33. The van der Waals surface area contributed by atoms with Gasteiger partial charge in [0.2, 0.25) is 0 Å². The average molecular weight is 244 g/mol. The van der Waals surface area contributed by atoms with Crippen molar-refractivity contribution in [3.05, 3.63) is 53.3 Å². The first-order valence-corrected chi connectivity index (χ1v) is 5.55. The van der Waals surface area contributed by atoms with Gasteiger partial charge in [0.05, 0.1) is 7.11 Å². The third-order valence-corrected chi connectivity index (χ3v) is 2.79. The van der Waals surface area contributed by atoms with Crippen LogP contribution in [0.4, 0.5) is 4.39 Å². The van der Waals surface area contributed by atoms with Crippen LogP contribution >= 0.6 is 0 Å². The quantitative estimate of drug-likeness (QED) is 0.771. The predicted octanol–water partition coefficient (Wildman–Crippen LogP) is 3.62. The number of rotatable bonds is 3. The molecule has 2 aromatic carbocycles. The van der Waals surface area contributed by atoms with E-state index in [-0.39, 0.29) is 5.82 Å². The molecule has 0 saturated heterocycles. The van der Waals surface area contributed by atoms with E-state index in [2.05, 4.69) is 0 Å². The van der Waals surface area contributed by atoms with E-state index in [4.69, 9.17) is 4.74 Å². The van der Waals surface area contributed by atoms with Crippen molar-refractivity contribution >= 4 is 6.29 Å². The number of methoxy groups -OCH3 is 1. The van der Waals surface area contributed by atoms with Gasteiger partial charge in [-0.3, -0.25) is 4.79 Å². The van der Waals surface area contributed by atoms with Crippen LogP contribution in [-0.4, -0.2) is 13.4 Å². The van der Waals surface area contributed by atoms with Gasteiger partial charge in [-0.25, -0.2) is 4.39 Å². The largest absolute Gasteiger partial charge is 0.496 e. The van der Waals surface area contributed by atoms with E-state index in [9.17, 15) is 9.18 Å². The van der Waals surface area contributed by atoms with Crippen molar-refractivity contribution in [3.63, 3.8) is 0 Å². The molecule has 0 saturated carbocycles. The number of hydrogen-bond donors (Lipinski definition) is 0. The van der Waals surface area contributed by atoms with Gasteiger partial charge in [-0.1, -0.05) is 23.8 Å². The minimum Gasteiger partial charge on any atom is -0.496 e. The second-order valence-corrected chi connectivity index (χ2v) is 4.05. The van der Waals surface area contributed by atoms with E-state index in [0.717, 1.165) is 11.8 Å². The van der Waals surface area contributed by atoms with Crippen molar-refractivity contribution in [2.75, 3.05) is 7.11 Å². The van der Waals surface area contributed by atoms with Gasteiger partial charge in [0.25, 0.3) is 0 Å². The molecule has 0 fully saturated rings. The third kappa shape index (κ3) is 2.25. The summed E-state index contributed by atoms with van der Waals surface area (Å²) in [6.45, 7) is 1.92. The Balaban J connectivity index is 2.70. The maximum absolute atomic E-state index is 13.4. The summed E-state index contributed by atoms with van der Waals surface area (Å²) in [6.07, 6.45) is 0.763. The molecule has 0 aliphatic heterocycles. The Morgan fingerprint density at radius 3 is 2.56 bits per heavy atom. The van der Waals surface area contributed by atoms with Crippen LogP contribution in [0.3, 0.4) is 0 Å². The molecule has 0 aromatic heterocycles. The van der Waals surface area contributed by atoms with Crippen LogP contribution in [0.25, 0.3) is 11.1 Å². The number of benzene rings is 2. The molecule has 0 N–H and O–H groups in total. The van der Waals surface area contributed by atoms with Crippen molar-refractivity contribution in [2.45, 2.75) is 6.92 Å². The normalized spacial score (nSPS) is 10.2. The van der Waals surface area contributed by atoms with E-state index in [1.54, 1.807) is 12.1 Å². The number of halogens is 1. The van der Waals surface area contributed by atoms with E-state index in [0.29, 0.717) is 22.4 Å². The number of aryl methyl sites for hydroxylation is 1. The fourth-order valence-electron chi connectivity index (χ4n) is 1.90. The van der Waals surface area contributed by atoms with Gasteiger partial charge in [-0.05, 0) is 30.7 Å². The highest BCUT2D eigenvalue weighted by molar-refractivity contribution is 5.89. The van der Waals surface area contributed by atoms with E-state index in [1.807, 2.05) is 19.1 Å². The molecule has 2 aromatic rings. The summed E-state index contributed by atoms with van der Waals surface area (Å²) in [5.41, 5.74) is 2.79. The summed E-state index contributed by atoms with van der Waals surface area (Å²) in [4.78, 5) is 11.1. The first-order chi connectivity index (χ1) is 8.65. The Morgan fingerprint density at radius 1 is 1.11 bits per heavy atom. The van der Waals surface area contributed by atoms with Crippen molar-refractivity contribution in [1.82, 2.24) is 0 Å². The standard InChI is InChI=1S/C15H13FO2/c1-10-3-4-11(9-17)13(7-10)14-8-12(16)5-6-15(14)18-2/h3-9H,1-2H3. The molecule has 2 nitrogen and oxygen atoms in total. The molecule has 0 spiro atoms. The Kier molecular flexibility index (Phi) is 3.42. The second kappa shape index (κ2) is 5.00. The molecule has 92 valence electrons. The van der Waals surface area contributed by atoms with Gasteiger partial charge in [-0.2, -0.15) is 0 Å². The Hall–Kier alpha value is -2.16. The summed E-state index contributed by atoms with van der Waals surface area (Å²) in [5, 5.41) is 0. The smallest absolute Gasteiger partial charge is 0.150 e. The number of ether oxygens (including phenoxy) is 1. The topological polar surface area (TPSA) is 26.3 Å². The van der Waals surface area contributed by atoms with Crippen molar-refractivity contribution in [1.29, 1.82) is 0 Å². The summed E-state index contributed by atoms with van der Waals surface area (Å²) < 4.78 is 18.6. The second-order valence-electron chi connectivity index (χ2n) is 4.05. The minimum atomic E-state index is -0.357. The van der Waals surface area contributed by atoms with E-state index in [1.165, 1.54) is 19.2 Å². The van der Waals surface area contributed by atoms with Gasteiger partial charge in [0.15, 0.2) is 6.29 Å². The zero-order valence-electron chi connectivity index (χ0n) is 10.2. The molecule has 0 atom stereocenters. The Bertz CT molecular complexity index is 591. The molecule has 2 rings (SSSR count). The van der Waals surface area contributed by atoms with Gasteiger partial charge in [0.1, 0.15) is 11.6 Å². The van der Waals surface area contributed by atoms with Crippen LogP contribution in [0.1, 0.15) is 15.9 Å². The van der Waals surface area contributed by atoms with Crippen LogP contribution in [-0.2, 0) is 0 Å². The maximum atomic E-state index is 13.4. The summed E-state index contributed by atoms with van der Waals surface area (Å²) in [5.74, 6) is 0.189. The molecule has 0 aliphatic rings. The number of hydrogen-bond acceptors (Lipinski definition) is 2. The summed E-state index contributed by atoms with van der Waals surface area (Å²) in [6, 6.07) is 9.68. The fraction of sp³-hybridized carbons (Fsp3) is 0.133. The lowest BCUT2D eigenvalue weighted by Gasteiger charge is -2.11. The van der Waals surface area contributed by atoms with Crippen LogP contribution in [0, 0.1) is 12.7 Å². The molecule has 0 bridgehead atoms. The van der Waals surface area contributed by atoms with Crippen LogP contribution < -0.4 is 4.74 Å². The van der Waals surface area contributed by atoms with Crippen molar-refractivity contribution in [2.24, 2.45) is 0 Å². The number of aldehydes is 1. The highest BCUT2D eigenvalue weighted by Gasteiger charge is 2.11. The van der Waals surface area contributed by atoms with Gasteiger partial charge < -0.3 is 4.74 Å². The Morgan fingerprint density at radius 2 is 1.89 bits per heavy atom. The third-order valence-electron chi connectivity index (χ3n) is 2.79. The first-order valence-electron chi connectivity index (χ1n) is 5.55. The fourth-order valence-corrected chi connectivity index (χ4v) is 1.90. The molecular formula is C15H13FO2. The molecule has 3 heteroatoms. The number of carbonyl (C=O) groups excluding carboxylic acids is 1. The molecular weight excluding hydrogens is 231 g/mol. The predicted molar refractivity (Wildman–Crippen MR) is 68.5 cm³/mol. The number of carbonyl (C=O) groups is 1. The molecule has 0 amide bonds. The Labute approximate surface area is 105 Å². The summed E-state index contributed by atoms with van der Waals surface area (Å²) in [7, 11) is 1.52. The lowest BCUT2D eigenvalue weighted by molar-refractivity contribution is 0.112. The molecule has 0 unspecified atom stereocenters. The van der Waals surface area contributed by atoms with Crippen molar-refractivity contribution < 1.29 is 13.9 Å². The molecule has 0 radical (unpaired) electrons. The first kappa shape index (κ1) is 12.3. The van der Waals surface area contributed by atoms with Gasteiger partial charge in [-0.15, -0.1) is 0 Å². The lowest BCUT2D eigenvalue weighted by atomic mass is 9.97. The van der Waals surface area contributed by atoms with Crippen molar-refractivity contribution in [3.8, 4) is 16.9 Å².